The molecule has 0 heterocycles. The van der Waals surface area contributed by atoms with E-state index in [0.29, 0.717) is 11.5 Å². The Hall–Kier alpha value is -0.820. The largest absolute Gasteiger partial charge is 0.310 e. The van der Waals surface area contributed by atoms with Crippen LogP contribution in [0, 0.1) is 11.3 Å². The third-order valence-electron chi connectivity index (χ3n) is 5.22. The molecule has 1 aliphatic rings. The number of hydrogen-bond acceptors (Lipinski definition) is 1. The van der Waals surface area contributed by atoms with Gasteiger partial charge in [-0.15, -0.1) is 0 Å². The molecule has 1 aromatic carbocycles. The van der Waals surface area contributed by atoms with Crippen molar-refractivity contribution in [3.8, 4) is 0 Å². The van der Waals surface area contributed by atoms with Crippen LogP contribution in [-0.2, 0) is 6.42 Å². The lowest BCUT2D eigenvalue weighted by molar-refractivity contribution is 0.161. The lowest BCUT2D eigenvalue weighted by atomic mass is 9.70. The summed E-state index contributed by atoms with van der Waals surface area (Å²) in [5.41, 5.74) is 3.49. The Bertz CT molecular complexity index is 408. The first-order valence-corrected chi connectivity index (χ1v) is 8.88. The maximum absolute atomic E-state index is 3.82. The molecule has 21 heavy (non-hydrogen) atoms. The topological polar surface area (TPSA) is 12.0 Å². The molecular weight excluding hydrogens is 254 g/mol. The molecule has 0 aliphatic heterocycles. The second-order valence-corrected chi connectivity index (χ2v) is 7.53. The van der Waals surface area contributed by atoms with E-state index in [1.807, 2.05) is 0 Å². The molecule has 2 rings (SSSR count). The van der Waals surface area contributed by atoms with Crippen LogP contribution in [0.3, 0.4) is 0 Å². The Morgan fingerprint density at radius 2 is 1.71 bits per heavy atom. The molecule has 0 aromatic heterocycles. The fourth-order valence-electron chi connectivity index (χ4n) is 3.57. The lowest BCUT2D eigenvalue weighted by Crippen LogP contribution is -2.33. The highest BCUT2D eigenvalue weighted by molar-refractivity contribution is 5.25. The van der Waals surface area contributed by atoms with Gasteiger partial charge in [0, 0.05) is 6.04 Å². The van der Waals surface area contributed by atoms with E-state index in [2.05, 4.69) is 57.3 Å². The fourth-order valence-corrected chi connectivity index (χ4v) is 3.57. The third-order valence-corrected chi connectivity index (χ3v) is 5.22. The summed E-state index contributed by atoms with van der Waals surface area (Å²) in [5, 5.41) is 3.82. The second-order valence-electron chi connectivity index (χ2n) is 7.53. The van der Waals surface area contributed by atoms with Crippen LogP contribution in [0.1, 0.15) is 77.0 Å². The van der Waals surface area contributed by atoms with Gasteiger partial charge in [-0.25, -0.2) is 0 Å². The van der Waals surface area contributed by atoms with E-state index in [-0.39, 0.29) is 0 Å². The molecule has 0 saturated heterocycles. The standard InChI is InChI=1S/C20H33N/c1-5-15-21-19(17-9-7-16(6-2)8-10-17)18-11-13-20(3,4)14-12-18/h7-10,18-19,21H,5-6,11-15H2,1-4H3. The third kappa shape index (κ3) is 4.57. The summed E-state index contributed by atoms with van der Waals surface area (Å²) in [6.07, 6.45) is 7.81. The van der Waals surface area contributed by atoms with Crippen molar-refractivity contribution in [1.82, 2.24) is 5.32 Å². The minimum atomic E-state index is 0.548. The van der Waals surface area contributed by atoms with Gasteiger partial charge in [0.05, 0.1) is 0 Å². The Labute approximate surface area is 131 Å². The molecule has 1 atom stereocenters. The zero-order valence-electron chi connectivity index (χ0n) is 14.4. The van der Waals surface area contributed by atoms with Crippen molar-refractivity contribution in [2.75, 3.05) is 6.54 Å². The highest BCUT2D eigenvalue weighted by Crippen LogP contribution is 2.42. The van der Waals surface area contributed by atoms with E-state index < -0.39 is 0 Å². The summed E-state index contributed by atoms with van der Waals surface area (Å²) in [4.78, 5) is 0. The van der Waals surface area contributed by atoms with Gasteiger partial charge in [0.1, 0.15) is 0 Å². The number of rotatable bonds is 6. The molecule has 0 amide bonds. The Morgan fingerprint density at radius 1 is 1.10 bits per heavy atom. The van der Waals surface area contributed by atoms with Crippen molar-refractivity contribution in [1.29, 1.82) is 0 Å². The summed E-state index contributed by atoms with van der Waals surface area (Å²) < 4.78 is 0. The van der Waals surface area contributed by atoms with E-state index in [9.17, 15) is 0 Å². The summed E-state index contributed by atoms with van der Waals surface area (Å²) >= 11 is 0. The minimum Gasteiger partial charge on any atom is -0.310 e. The van der Waals surface area contributed by atoms with E-state index in [1.165, 1.54) is 43.2 Å². The van der Waals surface area contributed by atoms with E-state index in [1.54, 1.807) is 0 Å². The normalized spacial score (nSPS) is 20.4. The molecule has 1 aliphatic carbocycles. The molecule has 0 radical (unpaired) electrons. The van der Waals surface area contributed by atoms with Crippen LogP contribution < -0.4 is 5.32 Å². The fraction of sp³-hybridized carbons (Fsp3) is 0.700. The maximum Gasteiger partial charge on any atom is 0.0348 e. The summed E-state index contributed by atoms with van der Waals surface area (Å²) in [6, 6.07) is 9.87. The first kappa shape index (κ1) is 16.5. The van der Waals surface area contributed by atoms with Crippen LogP contribution in [0.25, 0.3) is 0 Å². The highest BCUT2D eigenvalue weighted by atomic mass is 14.9. The summed E-state index contributed by atoms with van der Waals surface area (Å²) in [7, 11) is 0. The number of benzene rings is 1. The maximum atomic E-state index is 3.82. The molecule has 1 fully saturated rings. The molecule has 1 saturated carbocycles. The number of nitrogens with one attached hydrogen (secondary N) is 1. The van der Waals surface area contributed by atoms with Crippen LogP contribution in [0.15, 0.2) is 24.3 Å². The Balaban J connectivity index is 2.09. The molecule has 1 aromatic rings. The van der Waals surface area contributed by atoms with Gasteiger partial charge in [0.25, 0.3) is 0 Å². The quantitative estimate of drug-likeness (QED) is 0.728. The Kier molecular flexibility index (Phi) is 5.87. The molecule has 1 unspecified atom stereocenters. The minimum absolute atomic E-state index is 0.548. The van der Waals surface area contributed by atoms with Crippen molar-refractivity contribution in [3.63, 3.8) is 0 Å². The second kappa shape index (κ2) is 7.45. The molecule has 0 bridgehead atoms. The molecule has 1 N–H and O–H groups in total. The molecule has 1 heteroatoms. The van der Waals surface area contributed by atoms with E-state index >= 15 is 0 Å². The summed E-state index contributed by atoms with van der Waals surface area (Å²) in [6.45, 7) is 10.5. The van der Waals surface area contributed by atoms with Gasteiger partial charge in [-0.2, -0.15) is 0 Å². The highest BCUT2D eigenvalue weighted by Gasteiger charge is 2.31. The van der Waals surface area contributed by atoms with Gasteiger partial charge >= 0.3 is 0 Å². The van der Waals surface area contributed by atoms with Crippen molar-refractivity contribution in [3.05, 3.63) is 35.4 Å². The van der Waals surface area contributed by atoms with Gasteiger partial charge in [-0.05, 0) is 67.5 Å². The number of hydrogen-bond donors (Lipinski definition) is 1. The summed E-state index contributed by atoms with van der Waals surface area (Å²) in [5.74, 6) is 0.803. The average Bonchev–Trinajstić information content (AvgIpc) is 2.49. The predicted molar refractivity (Wildman–Crippen MR) is 92.6 cm³/mol. The van der Waals surface area contributed by atoms with E-state index in [0.717, 1.165) is 18.9 Å². The molecular formula is C20H33N. The SMILES string of the molecule is CCCNC(c1ccc(CC)cc1)C1CCC(C)(C)CC1. The van der Waals surface area contributed by atoms with Gasteiger partial charge < -0.3 is 5.32 Å². The van der Waals surface area contributed by atoms with Crippen LogP contribution in [-0.4, -0.2) is 6.54 Å². The van der Waals surface area contributed by atoms with Crippen molar-refractivity contribution < 1.29 is 0 Å². The van der Waals surface area contributed by atoms with Crippen molar-refractivity contribution in [2.45, 2.75) is 72.3 Å². The lowest BCUT2D eigenvalue weighted by Gasteiger charge is -2.38. The molecule has 118 valence electrons. The van der Waals surface area contributed by atoms with Gasteiger partial charge in [0.2, 0.25) is 0 Å². The predicted octanol–water partition coefficient (Wildman–Crippen LogP) is 5.51. The van der Waals surface area contributed by atoms with Crippen molar-refractivity contribution in [2.24, 2.45) is 11.3 Å². The monoisotopic (exact) mass is 287 g/mol. The average molecular weight is 287 g/mol. The zero-order chi connectivity index (χ0) is 15.3. The van der Waals surface area contributed by atoms with Crippen LogP contribution in [0.4, 0.5) is 0 Å². The molecule has 1 nitrogen and oxygen atoms in total. The van der Waals surface area contributed by atoms with Crippen LogP contribution >= 0.6 is 0 Å². The zero-order valence-corrected chi connectivity index (χ0v) is 14.4. The first-order valence-electron chi connectivity index (χ1n) is 8.88. The first-order chi connectivity index (χ1) is 10.1. The smallest absolute Gasteiger partial charge is 0.0348 e. The van der Waals surface area contributed by atoms with Gasteiger partial charge in [-0.3, -0.25) is 0 Å². The van der Waals surface area contributed by atoms with Crippen molar-refractivity contribution >= 4 is 0 Å². The van der Waals surface area contributed by atoms with E-state index in [4.69, 9.17) is 0 Å². The van der Waals surface area contributed by atoms with Crippen LogP contribution in [0.5, 0.6) is 0 Å². The molecule has 0 spiro atoms. The van der Waals surface area contributed by atoms with Crippen LogP contribution in [0.2, 0.25) is 0 Å². The number of aryl methyl sites for hydroxylation is 1. The Morgan fingerprint density at radius 3 is 2.24 bits per heavy atom. The van der Waals surface area contributed by atoms with Gasteiger partial charge in [-0.1, -0.05) is 52.0 Å². The van der Waals surface area contributed by atoms with Gasteiger partial charge in [0.15, 0.2) is 0 Å².